The lowest BCUT2D eigenvalue weighted by atomic mass is 9.99. The Kier molecular flexibility index (Phi) is 4.37. The second kappa shape index (κ2) is 6.01. The van der Waals surface area contributed by atoms with Crippen molar-refractivity contribution in [2.45, 2.75) is 51.6 Å². The Balaban J connectivity index is 1.79. The normalized spacial score (nSPS) is 22.1. The van der Waals surface area contributed by atoms with Gasteiger partial charge in [-0.3, -0.25) is 4.98 Å². The molecule has 1 fully saturated rings. The zero-order chi connectivity index (χ0) is 12.1. The second-order valence-electron chi connectivity index (χ2n) is 5.12. The summed E-state index contributed by atoms with van der Waals surface area (Å²) in [5.74, 6) is 0. The van der Waals surface area contributed by atoms with Crippen molar-refractivity contribution in [2.24, 2.45) is 0 Å². The van der Waals surface area contributed by atoms with Crippen molar-refractivity contribution in [3.63, 3.8) is 0 Å². The Bertz CT molecular complexity index is 328. The first kappa shape index (κ1) is 12.4. The number of anilines is 1. The molecule has 0 bridgehead atoms. The fourth-order valence-electron chi connectivity index (χ4n) is 2.45. The van der Waals surface area contributed by atoms with Crippen LogP contribution in [0, 0.1) is 6.92 Å². The van der Waals surface area contributed by atoms with Gasteiger partial charge >= 0.3 is 0 Å². The summed E-state index contributed by atoms with van der Waals surface area (Å²) in [6.07, 6.45) is 7.13. The third-order valence-electron chi connectivity index (χ3n) is 3.37. The van der Waals surface area contributed by atoms with Crippen molar-refractivity contribution in [2.75, 3.05) is 11.9 Å². The average molecular weight is 233 g/mol. The smallest absolute Gasteiger partial charge is 0.0529 e. The molecule has 2 rings (SSSR count). The first-order chi connectivity index (χ1) is 8.24. The maximum Gasteiger partial charge on any atom is 0.0529 e. The monoisotopic (exact) mass is 233 g/mol. The molecule has 0 radical (unpaired) electrons. The van der Waals surface area contributed by atoms with Gasteiger partial charge in [0.2, 0.25) is 0 Å². The van der Waals surface area contributed by atoms with Crippen LogP contribution in [0.3, 0.4) is 0 Å². The van der Waals surface area contributed by atoms with Gasteiger partial charge in [0.05, 0.1) is 11.9 Å². The molecule has 3 heteroatoms. The van der Waals surface area contributed by atoms with Gasteiger partial charge in [-0.25, -0.2) is 0 Å². The van der Waals surface area contributed by atoms with Crippen LogP contribution in [-0.4, -0.2) is 23.6 Å². The highest BCUT2D eigenvalue weighted by atomic mass is 15.0. The van der Waals surface area contributed by atoms with Gasteiger partial charge < -0.3 is 10.6 Å². The SMILES string of the molecule is Cc1ccc(NC(C)CC2CCCCN2)cn1. The standard InChI is InChI=1S/C14H23N3/c1-11-6-7-14(10-16-11)17-12(2)9-13-5-3-4-8-15-13/h6-7,10,12-13,15,17H,3-5,8-9H2,1-2H3. The topological polar surface area (TPSA) is 37.0 Å². The van der Waals surface area contributed by atoms with E-state index in [9.17, 15) is 0 Å². The van der Waals surface area contributed by atoms with Gasteiger partial charge in [-0.2, -0.15) is 0 Å². The van der Waals surface area contributed by atoms with Crippen molar-refractivity contribution in [1.29, 1.82) is 0 Å². The number of pyridine rings is 1. The van der Waals surface area contributed by atoms with Crippen LogP contribution in [0.5, 0.6) is 0 Å². The summed E-state index contributed by atoms with van der Waals surface area (Å²) < 4.78 is 0. The molecular weight excluding hydrogens is 210 g/mol. The van der Waals surface area contributed by atoms with Gasteiger partial charge in [0, 0.05) is 17.8 Å². The van der Waals surface area contributed by atoms with Gasteiger partial charge in [-0.1, -0.05) is 6.42 Å². The molecule has 3 nitrogen and oxygen atoms in total. The number of nitrogens with one attached hydrogen (secondary N) is 2. The molecule has 1 aliphatic rings. The highest BCUT2D eigenvalue weighted by Crippen LogP contribution is 2.15. The van der Waals surface area contributed by atoms with E-state index in [1.807, 2.05) is 19.2 Å². The molecule has 1 aromatic heterocycles. The summed E-state index contributed by atoms with van der Waals surface area (Å²) in [7, 11) is 0. The summed E-state index contributed by atoms with van der Waals surface area (Å²) in [4.78, 5) is 4.30. The van der Waals surface area contributed by atoms with Crippen molar-refractivity contribution < 1.29 is 0 Å². The molecule has 1 saturated heterocycles. The van der Waals surface area contributed by atoms with Crippen LogP contribution >= 0.6 is 0 Å². The Morgan fingerprint density at radius 3 is 3.00 bits per heavy atom. The van der Waals surface area contributed by atoms with Crippen molar-refractivity contribution >= 4 is 5.69 Å². The molecule has 2 unspecified atom stereocenters. The van der Waals surface area contributed by atoms with Crippen molar-refractivity contribution in [3.8, 4) is 0 Å². The van der Waals surface area contributed by atoms with Gasteiger partial charge in [-0.15, -0.1) is 0 Å². The van der Waals surface area contributed by atoms with Gasteiger partial charge in [0.1, 0.15) is 0 Å². The largest absolute Gasteiger partial charge is 0.381 e. The minimum atomic E-state index is 0.495. The zero-order valence-electron chi connectivity index (χ0n) is 10.9. The van der Waals surface area contributed by atoms with E-state index in [-0.39, 0.29) is 0 Å². The molecule has 2 heterocycles. The van der Waals surface area contributed by atoms with Crippen LogP contribution in [0.25, 0.3) is 0 Å². The fourth-order valence-corrected chi connectivity index (χ4v) is 2.45. The number of aromatic nitrogens is 1. The van der Waals surface area contributed by atoms with Crippen LogP contribution in [-0.2, 0) is 0 Å². The van der Waals surface area contributed by atoms with E-state index >= 15 is 0 Å². The fraction of sp³-hybridized carbons (Fsp3) is 0.643. The van der Waals surface area contributed by atoms with E-state index in [4.69, 9.17) is 0 Å². The van der Waals surface area contributed by atoms with Crippen LogP contribution in [0.2, 0.25) is 0 Å². The minimum Gasteiger partial charge on any atom is -0.381 e. The number of hydrogen-bond acceptors (Lipinski definition) is 3. The van der Waals surface area contributed by atoms with Crippen LogP contribution in [0.1, 0.15) is 38.3 Å². The Hall–Kier alpha value is -1.09. The van der Waals surface area contributed by atoms with Crippen molar-refractivity contribution in [1.82, 2.24) is 10.3 Å². The van der Waals surface area contributed by atoms with Gasteiger partial charge in [0.25, 0.3) is 0 Å². The minimum absolute atomic E-state index is 0.495. The first-order valence-corrected chi connectivity index (χ1v) is 6.66. The number of aryl methyl sites for hydroxylation is 1. The lowest BCUT2D eigenvalue weighted by molar-refractivity contribution is 0.371. The number of nitrogens with zero attached hydrogens (tertiary/aromatic N) is 1. The molecule has 0 aromatic carbocycles. The second-order valence-corrected chi connectivity index (χ2v) is 5.12. The Labute approximate surface area is 104 Å². The molecule has 94 valence electrons. The van der Waals surface area contributed by atoms with E-state index in [2.05, 4.69) is 28.6 Å². The predicted octanol–water partition coefficient (Wildman–Crippen LogP) is 2.72. The Morgan fingerprint density at radius 2 is 2.35 bits per heavy atom. The summed E-state index contributed by atoms with van der Waals surface area (Å²) in [6.45, 7) is 5.44. The van der Waals surface area contributed by atoms with Gasteiger partial charge in [-0.05, 0) is 51.8 Å². The average Bonchev–Trinajstić information content (AvgIpc) is 2.33. The maximum atomic E-state index is 4.30. The van der Waals surface area contributed by atoms with E-state index in [0.717, 1.165) is 11.4 Å². The zero-order valence-corrected chi connectivity index (χ0v) is 10.9. The molecule has 0 spiro atoms. The predicted molar refractivity (Wildman–Crippen MR) is 72.3 cm³/mol. The lowest BCUT2D eigenvalue weighted by Gasteiger charge is -2.27. The van der Waals surface area contributed by atoms with Crippen LogP contribution < -0.4 is 10.6 Å². The Morgan fingerprint density at radius 1 is 1.47 bits per heavy atom. The third kappa shape index (κ3) is 4.00. The van der Waals surface area contributed by atoms with Crippen LogP contribution in [0.15, 0.2) is 18.3 Å². The molecule has 0 amide bonds. The van der Waals surface area contributed by atoms with E-state index in [1.165, 1.54) is 32.2 Å². The number of hydrogen-bond donors (Lipinski definition) is 2. The quantitative estimate of drug-likeness (QED) is 0.839. The molecule has 17 heavy (non-hydrogen) atoms. The van der Waals surface area contributed by atoms with Gasteiger partial charge in [0.15, 0.2) is 0 Å². The molecule has 1 aromatic rings. The summed E-state index contributed by atoms with van der Waals surface area (Å²) in [5, 5.41) is 7.10. The number of piperidine rings is 1. The summed E-state index contributed by atoms with van der Waals surface area (Å²) >= 11 is 0. The molecule has 0 aliphatic carbocycles. The molecule has 1 aliphatic heterocycles. The highest BCUT2D eigenvalue weighted by molar-refractivity contribution is 5.41. The third-order valence-corrected chi connectivity index (χ3v) is 3.37. The lowest BCUT2D eigenvalue weighted by Crippen LogP contribution is -2.37. The van der Waals surface area contributed by atoms with E-state index in [1.54, 1.807) is 0 Å². The van der Waals surface area contributed by atoms with E-state index in [0.29, 0.717) is 12.1 Å². The van der Waals surface area contributed by atoms with E-state index < -0.39 is 0 Å². The summed E-state index contributed by atoms with van der Waals surface area (Å²) in [6, 6.07) is 5.33. The van der Waals surface area contributed by atoms with Crippen LogP contribution in [0.4, 0.5) is 5.69 Å². The number of rotatable bonds is 4. The molecular formula is C14H23N3. The first-order valence-electron chi connectivity index (χ1n) is 6.66. The van der Waals surface area contributed by atoms with Crippen molar-refractivity contribution in [3.05, 3.63) is 24.0 Å². The molecule has 2 atom stereocenters. The summed E-state index contributed by atoms with van der Waals surface area (Å²) in [5.41, 5.74) is 2.19. The maximum absolute atomic E-state index is 4.30. The highest BCUT2D eigenvalue weighted by Gasteiger charge is 2.15. The molecule has 0 saturated carbocycles. The molecule has 2 N–H and O–H groups in total.